The summed E-state index contributed by atoms with van der Waals surface area (Å²) >= 11 is 5.92. The van der Waals surface area contributed by atoms with Gasteiger partial charge in [0.2, 0.25) is 11.8 Å². The molecule has 7 heteroatoms. The quantitative estimate of drug-likeness (QED) is 0.707. The second-order valence-corrected chi connectivity index (χ2v) is 6.90. The smallest absolute Gasteiger partial charge is 0.239 e. The first-order valence-electron chi connectivity index (χ1n) is 8.34. The maximum absolute atomic E-state index is 12.6. The van der Waals surface area contributed by atoms with E-state index in [4.69, 9.17) is 21.1 Å². The van der Waals surface area contributed by atoms with Crippen LogP contribution < -0.4 is 20.1 Å². The summed E-state index contributed by atoms with van der Waals surface area (Å²) in [4.78, 5) is 25.1. The van der Waals surface area contributed by atoms with Gasteiger partial charge < -0.3 is 20.1 Å². The van der Waals surface area contributed by atoms with Gasteiger partial charge in [0.05, 0.1) is 14.2 Å². The van der Waals surface area contributed by atoms with E-state index in [1.54, 1.807) is 64.5 Å². The van der Waals surface area contributed by atoms with Crippen molar-refractivity contribution >= 4 is 29.1 Å². The zero-order valence-corrected chi connectivity index (χ0v) is 16.5. The maximum atomic E-state index is 12.6. The van der Waals surface area contributed by atoms with Crippen molar-refractivity contribution in [1.29, 1.82) is 0 Å². The number of hydrogen-bond donors (Lipinski definition) is 2. The van der Waals surface area contributed by atoms with Gasteiger partial charge in [-0.2, -0.15) is 0 Å². The number of benzene rings is 2. The van der Waals surface area contributed by atoms with Crippen molar-refractivity contribution in [3.63, 3.8) is 0 Å². The number of amides is 2. The molecule has 2 amide bonds. The van der Waals surface area contributed by atoms with Crippen LogP contribution in [0.4, 0.5) is 5.69 Å². The maximum Gasteiger partial charge on any atom is 0.239 e. The van der Waals surface area contributed by atoms with Gasteiger partial charge in [0.1, 0.15) is 5.41 Å². The van der Waals surface area contributed by atoms with Crippen LogP contribution in [0.2, 0.25) is 5.02 Å². The molecule has 0 saturated carbocycles. The molecule has 0 aromatic heterocycles. The fraction of sp³-hybridized carbons (Fsp3) is 0.300. The minimum absolute atomic E-state index is 0.257. The number of ether oxygens (including phenoxy) is 2. The predicted octanol–water partition coefficient (Wildman–Crippen LogP) is 3.64. The Morgan fingerprint density at radius 3 is 2.33 bits per heavy atom. The minimum Gasteiger partial charge on any atom is -0.493 e. The highest BCUT2D eigenvalue weighted by Crippen LogP contribution is 2.27. The Morgan fingerprint density at radius 2 is 1.70 bits per heavy atom. The molecule has 2 N–H and O–H groups in total. The van der Waals surface area contributed by atoms with Gasteiger partial charge in [-0.15, -0.1) is 0 Å². The Labute approximate surface area is 163 Å². The molecule has 0 heterocycles. The van der Waals surface area contributed by atoms with Gasteiger partial charge >= 0.3 is 0 Å². The number of carbonyl (C=O) groups is 2. The number of hydrogen-bond acceptors (Lipinski definition) is 4. The Balaban J connectivity index is 2.02. The molecule has 0 fully saturated rings. The van der Waals surface area contributed by atoms with Gasteiger partial charge in [0, 0.05) is 17.3 Å². The number of anilines is 1. The minimum atomic E-state index is -1.27. The van der Waals surface area contributed by atoms with Crippen LogP contribution >= 0.6 is 11.6 Å². The standard InChI is InChI=1S/C20H23ClN2O4/c1-20(2,19(25)23-15-7-5-6-14(21)11-15)18(24)22-12-13-8-9-16(26-3)17(10-13)27-4/h5-11H,12H2,1-4H3,(H,22,24)(H,23,25). The van der Waals surface area contributed by atoms with E-state index in [1.165, 1.54) is 0 Å². The third-order valence-electron chi connectivity index (χ3n) is 4.12. The van der Waals surface area contributed by atoms with Crippen LogP contribution in [0.3, 0.4) is 0 Å². The van der Waals surface area contributed by atoms with Gasteiger partial charge in [0.15, 0.2) is 11.5 Å². The fourth-order valence-corrected chi connectivity index (χ4v) is 2.54. The SMILES string of the molecule is COc1ccc(CNC(=O)C(C)(C)C(=O)Nc2cccc(Cl)c2)cc1OC. The Morgan fingerprint density at radius 1 is 1.00 bits per heavy atom. The molecular formula is C20H23ClN2O4. The first kappa shape index (κ1) is 20.6. The summed E-state index contributed by atoms with van der Waals surface area (Å²) in [5, 5.41) is 6.00. The highest BCUT2D eigenvalue weighted by atomic mass is 35.5. The molecule has 0 aliphatic rings. The molecule has 2 rings (SSSR count). The number of carbonyl (C=O) groups excluding carboxylic acids is 2. The topological polar surface area (TPSA) is 76.7 Å². The van der Waals surface area contributed by atoms with Crippen LogP contribution in [0.25, 0.3) is 0 Å². The highest BCUT2D eigenvalue weighted by molar-refractivity contribution is 6.31. The van der Waals surface area contributed by atoms with E-state index in [0.717, 1.165) is 5.56 Å². The molecule has 0 atom stereocenters. The highest BCUT2D eigenvalue weighted by Gasteiger charge is 2.36. The van der Waals surface area contributed by atoms with E-state index in [0.29, 0.717) is 22.2 Å². The first-order valence-corrected chi connectivity index (χ1v) is 8.72. The monoisotopic (exact) mass is 390 g/mol. The second kappa shape index (κ2) is 8.77. The van der Waals surface area contributed by atoms with E-state index in [9.17, 15) is 9.59 Å². The van der Waals surface area contributed by atoms with Gasteiger partial charge in [0.25, 0.3) is 0 Å². The Hall–Kier alpha value is -2.73. The molecule has 27 heavy (non-hydrogen) atoms. The molecule has 2 aromatic rings. The molecule has 2 aromatic carbocycles. The lowest BCUT2D eigenvalue weighted by atomic mass is 9.90. The molecule has 144 valence electrons. The summed E-state index contributed by atoms with van der Waals surface area (Å²) in [5.41, 5.74) is 0.0964. The summed E-state index contributed by atoms with van der Waals surface area (Å²) in [5.74, 6) is 0.363. The van der Waals surface area contributed by atoms with Gasteiger partial charge in [-0.3, -0.25) is 9.59 Å². The first-order chi connectivity index (χ1) is 12.8. The van der Waals surface area contributed by atoms with E-state index in [2.05, 4.69) is 10.6 Å². The molecular weight excluding hydrogens is 368 g/mol. The third kappa shape index (κ3) is 5.14. The number of nitrogens with one attached hydrogen (secondary N) is 2. The summed E-state index contributed by atoms with van der Waals surface area (Å²) in [7, 11) is 3.10. The van der Waals surface area contributed by atoms with Gasteiger partial charge in [-0.25, -0.2) is 0 Å². The van der Waals surface area contributed by atoms with Gasteiger partial charge in [-0.1, -0.05) is 23.7 Å². The van der Waals surface area contributed by atoms with Crippen LogP contribution in [0, 0.1) is 5.41 Å². The van der Waals surface area contributed by atoms with Gasteiger partial charge in [-0.05, 0) is 49.7 Å². The molecule has 0 bridgehead atoms. The molecule has 0 unspecified atom stereocenters. The number of methoxy groups -OCH3 is 2. The normalized spacial score (nSPS) is 10.9. The predicted molar refractivity (Wildman–Crippen MR) is 105 cm³/mol. The third-order valence-corrected chi connectivity index (χ3v) is 4.35. The van der Waals surface area contributed by atoms with Crippen LogP contribution in [0.1, 0.15) is 19.4 Å². The largest absolute Gasteiger partial charge is 0.493 e. The lowest BCUT2D eigenvalue weighted by Gasteiger charge is -2.23. The zero-order chi connectivity index (χ0) is 20.0. The van der Waals surface area contributed by atoms with Crippen molar-refractivity contribution in [2.75, 3.05) is 19.5 Å². The van der Waals surface area contributed by atoms with Crippen LogP contribution in [0.15, 0.2) is 42.5 Å². The van der Waals surface area contributed by atoms with Crippen molar-refractivity contribution in [1.82, 2.24) is 5.32 Å². The number of rotatable bonds is 7. The number of halogens is 1. The summed E-state index contributed by atoms with van der Waals surface area (Å²) in [6.45, 7) is 3.39. The van der Waals surface area contributed by atoms with Crippen LogP contribution in [0.5, 0.6) is 11.5 Å². The molecule has 0 radical (unpaired) electrons. The van der Waals surface area contributed by atoms with Crippen molar-refractivity contribution in [3.05, 3.63) is 53.1 Å². The van der Waals surface area contributed by atoms with Crippen molar-refractivity contribution in [3.8, 4) is 11.5 Å². The lowest BCUT2D eigenvalue weighted by Crippen LogP contribution is -2.44. The Kier molecular flexibility index (Phi) is 6.69. The fourth-order valence-electron chi connectivity index (χ4n) is 2.35. The van der Waals surface area contributed by atoms with E-state index < -0.39 is 17.2 Å². The zero-order valence-electron chi connectivity index (χ0n) is 15.8. The van der Waals surface area contributed by atoms with Crippen molar-refractivity contribution < 1.29 is 19.1 Å². The van der Waals surface area contributed by atoms with Crippen molar-refractivity contribution in [2.24, 2.45) is 5.41 Å². The molecule has 0 saturated heterocycles. The average Bonchev–Trinajstić information content (AvgIpc) is 2.65. The molecule has 6 nitrogen and oxygen atoms in total. The average molecular weight is 391 g/mol. The van der Waals surface area contributed by atoms with Crippen molar-refractivity contribution in [2.45, 2.75) is 20.4 Å². The molecule has 0 aliphatic heterocycles. The molecule has 0 aliphatic carbocycles. The summed E-state index contributed by atoms with van der Waals surface area (Å²) in [6.07, 6.45) is 0. The van der Waals surface area contributed by atoms with E-state index in [-0.39, 0.29) is 6.54 Å². The second-order valence-electron chi connectivity index (χ2n) is 6.46. The van der Waals surface area contributed by atoms with Crippen LogP contribution in [-0.4, -0.2) is 26.0 Å². The van der Waals surface area contributed by atoms with E-state index in [1.807, 2.05) is 6.07 Å². The summed E-state index contributed by atoms with van der Waals surface area (Å²) in [6, 6.07) is 12.1. The lowest BCUT2D eigenvalue weighted by molar-refractivity contribution is -0.138. The van der Waals surface area contributed by atoms with E-state index >= 15 is 0 Å². The summed E-state index contributed by atoms with van der Waals surface area (Å²) < 4.78 is 10.4. The molecule has 0 spiro atoms. The van der Waals surface area contributed by atoms with Crippen LogP contribution in [-0.2, 0) is 16.1 Å². The Bertz CT molecular complexity index is 836.